The molecule has 90 valence electrons. The lowest BCUT2D eigenvalue weighted by Gasteiger charge is -2.15. The van der Waals surface area contributed by atoms with Gasteiger partial charge in [-0.1, -0.05) is 12.1 Å². The van der Waals surface area contributed by atoms with Crippen LogP contribution in [0.25, 0.3) is 0 Å². The van der Waals surface area contributed by atoms with Gasteiger partial charge in [-0.2, -0.15) is 12.6 Å². The third-order valence-electron chi connectivity index (χ3n) is 2.62. The maximum atomic E-state index is 12.7. The standard InChI is InChI=1S/C13H20FNS/c1-15(10-3-11-16)9-2-4-12-5-7-13(14)8-6-12/h5-8,16H,2-4,9-11H2,1H3. The lowest BCUT2D eigenvalue weighted by atomic mass is 10.1. The smallest absolute Gasteiger partial charge is 0.123 e. The molecule has 0 aliphatic rings. The van der Waals surface area contributed by atoms with E-state index < -0.39 is 0 Å². The molecule has 0 amide bonds. The summed E-state index contributed by atoms with van der Waals surface area (Å²) >= 11 is 4.19. The number of thiol groups is 1. The molecule has 0 saturated carbocycles. The van der Waals surface area contributed by atoms with Gasteiger partial charge in [0.2, 0.25) is 0 Å². The molecule has 1 rings (SSSR count). The van der Waals surface area contributed by atoms with Crippen molar-refractivity contribution in [2.75, 3.05) is 25.9 Å². The summed E-state index contributed by atoms with van der Waals surface area (Å²) in [5.41, 5.74) is 1.21. The molecule has 0 N–H and O–H groups in total. The Bertz CT molecular complexity index is 286. The molecule has 0 aromatic heterocycles. The second-order valence-corrected chi connectivity index (χ2v) is 4.56. The fourth-order valence-electron chi connectivity index (χ4n) is 1.66. The molecule has 0 fully saturated rings. The minimum Gasteiger partial charge on any atom is -0.306 e. The molecule has 0 spiro atoms. The van der Waals surface area contributed by atoms with Crippen LogP contribution in [0.4, 0.5) is 4.39 Å². The van der Waals surface area contributed by atoms with Crippen molar-refractivity contribution in [2.45, 2.75) is 19.3 Å². The molecule has 0 bridgehead atoms. The molecule has 0 unspecified atom stereocenters. The number of nitrogens with zero attached hydrogens (tertiary/aromatic N) is 1. The van der Waals surface area contributed by atoms with Gasteiger partial charge in [-0.05, 0) is 62.8 Å². The fourth-order valence-corrected chi connectivity index (χ4v) is 1.80. The Balaban J connectivity index is 2.17. The van der Waals surface area contributed by atoms with Crippen LogP contribution in [0.15, 0.2) is 24.3 Å². The SMILES string of the molecule is CN(CCCS)CCCc1ccc(F)cc1. The monoisotopic (exact) mass is 241 g/mol. The Hall–Kier alpha value is -0.540. The summed E-state index contributed by atoms with van der Waals surface area (Å²) in [6, 6.07) is 6.78. The van der Waals surface area contributed by atoms with E-state index in [9.17, 15) is 4.39 Å². The van der Waals surface area contributed by atoms with Crippen LogP contribution < -0.4 is 0 Å². The van der Waals surface area contributed by atoms with E-state index in [0.29, 0.717) is 0 Å². The van der Waals surface area contributed by atoms with Gasteiger partial charge in [0.25, 0.3) is 0 Å². The van der Waals surface area contributed by atoms with Crippen molar-refractivity contribution in [1.82, 2.24) is 4.90 Å². The predicted molar refractivity (Wildman–Crippen MR) is 70.7 cm³/mol. The summed E-state index contributed by atoms with van der Waals surface area (Å²) in [7, 11) is 2.13. The van der Waals surface area contributed by atoms with Gasteiger partial charge < -0.3 is 4.90 Å². The number of hydrogen-bond acceptors (Lipinski definition) is 2. The van der Waals surface area contributed by atoms with Gasteiger partial charge in [0.05, 0.1) is 0 Å². The van der Waals surface area contributed by atoms with E-state index in [1.54, 1.807) is 0 Å². The van der Waals surface area contributed by atoms with Crippen LogP contribution in [-0.4, -0.2) is 30.8 Å². The summed E-state index contributed by atoms with van der Waals surface area (Å²) in [6.07, 6.45) is 3.27. The predicted octanol–water partition coefficient (Wildman–Crippen LogP) is 3.01. The highest BCUT2D eigenvalue weighted by molar-refractivity contribution is 7.80. The van der Waals surface area contributed by atoms with E-state index in [0.717, 1.165) is 38.1 Å². The highest BCUT2D eigenvalue weighted by Gasteiger charge is 1.98. The van der Waals surface area contributed by atoms with E-state index in [1.807, 2.05) is 12.1 Å². The second-order valence-electron chi connectivity index (χ2n) is 4.11. The summed E-state index contributed by atoms with van der Waals surface area (Å²) in [6.45, 7) is 2.19. The number of halogens is 1. The van der Waals surface area contributed by atoms with Crippen molar-refractivity contribution in [2.24, 2.45) is 0 Å². The first-order chi connectivity index (χ1) is 7.72. The van der Waals surface area contributed by atoms with Crippen molar-refractivity contribution in [3.63, 3.8) is 0 Å². The second kappa shape index (κ2) is 7.69. The minimum atomic E-state index is -0.158. The molecule has 0 saturated heterocycles. The number of hydrogen-bond donors (Lipinski definition) is 1. The Kier molecular flexibility index (Phi) is 6.50. The summed E-state index contributed by atoms with van der Waals surface area (Å²) in [4.78, 5) is 2.32. The van der Waals surface area contributed by atoms with Gasteiger partial charge in [0, 0.05) is 0 Å². The molecule has 0 aliphatic heterocycles. The molecule has 1 aromatic rings. The minimum absolute atomic E-state index is 0.158. The molecule has 0 heterocycles. The normalized spacial score (nSPS) is 11.0. The van der Waals surface area contributed by atoms with E-state index in [1.165, 1.54) is 17.7 Å². The zero-order valence-corrected chi connectivity index (χ0v) is 10.7. The van der Waals surface area contributed by atoms with E-state index in [2.05, 4.69) is 24.6 Å². The van der Waals surface area contributed by atoms with Gasteiger partial charge in [-0.3, -0.25) is 0 Å². The average molecular weight is 241 g/mol. The third kappa shape index (κ3) is 5.52. The van der Waals surface area contributed by atoms with Crippen LogP contribution in [0.5, 0.6) is 0 Å². The van der Waals surface area contributed by atoms with Crippen LogP contribution >= 0.6 is 12.6 Å². The first kappa shape index (κ1) is 13.5. The molecule has 1 nitrogen and oxygen atoms in total. The number of benzene rings is 1. The fraction of sp³-hybridized carbons (Fsp3) is 0.538. The first-order valence-electron chi connectivity index (χ1n) is 5.76. The molecule has 3 heteroatoms. The van der Waals surface area contributed by atoms with Crippen molar-refractivity contribution in [1.29, 1.82) is 0 Å². The average Bonchev–Trinajstić information content (AvgIpc) is 2.29. The van der Waals surface area contributed by atoms with Crippen molar-refractivity contribution < 1.29 is 4.39 Å². The van der Waals surface area contributed by atoms with Crippen LogP contribution in [0.2, 0.25) is 0 Å². The lowest BCUT2D eigenvalue weighted by molar-refractivity contribution is 0.331. The van der Waals surface area contributed by atoms with Crippen molar-refractivity contribution in [3.05, 3.63) is 35.6 Å². The van der Waals surface area contributed by atoms with Gasteiger partial charge in [-0.15, -0.1) is 0 Å². The molecular formula is C13H20FNS. The number of rotatable bonds is 7. The Morgan fingerprint density at radius 3 is 2.38 bits per heavy atom. The van der Waals surface area contributed by atoms with Crippen molar-refractivity contribution >= 4 is 12.6 Å². The highest BCUT2D eigenvalue weighted by Crippen LogP contribution is 2.06. The number of aryl methyl sites for hydroxylation is 1. The maximum absolute atomic E-state index is 12.7. The lowest BCUT2D eigenvalue weighted by Crippen LogP contribution is -2.21. The molecule has 0 radical (unpaired) electrons. The summed E-state index contributed by atoms with van der Waals surface area (Å²) in [5, 5.41) is 0. The molecular weight excluding hydrogens is 221 g/mol. The van der Waals surface area contributed by atoms with Crippen LogP contribution in [0.3, 0.4) is 0 Å². The van der Waals surface area contributed by atoms with E-state index in [-0.39, 0.29) is 5.82 Å². The topological polar surface area (TPSA) is 3.24 Å². The van der Waals surface area contributed by atoms with Gasteiger partial charge >= 0.3 is 0 Å². The molecule has 0 atom stereocenters. The zero-order valence-electron chi connectivity index (χ0n) is 9.82. The summed E-state index contributed by atoms with van der Waals surface area (Å²) < 4.78 is 12.7. The first-order valence-corrected chi connectivity index (χ1v) is 6.39. The molecule has 1 aromatic carbocycles. The van der Waals surface area contributed by atoms with Crippen LogP contribution in [-0.2, 0) is 6.42 Å². The quantitative estimate of drug-likeness (QED) is 0.718. The van der Waals surface area contributed by atoms with E-state index >= 15 is 0 Å². The largest absolute Gasteiger partial charge is 0.306 e. The summed E-state index contributed by atoms with van der Waals surface area (Å²) in [5.74, 6) is 0.789. The van der Waals surface area contributed by atoms with Gasteiger partial charge in [-0.25, -0.2) is 4.39 Å². The third-order valence-corrected chi connectivity index (χ3v) is 2.93. The van der Waals surface area contributed by atoms with Crippen LogP contribution in [0, 0.1) is 5.82 Å². The Morgan fingerprint density at radius 2 is 1.75 bits per heavy atom. The van der Waals surface area contributed by atoms with Gasteiger partial charge in [0.1, 0.15) is 5.82 Å². The highest BCUT2D eigenvalue weighted by atomic mass is 32.1. The Morgan fingerprint density at radius 1 is 1.12 bits per heavy atom. The molecule has 16 heavy (non-hydrogen) atoms. The van der Waals surface area contributed by atoms with E-state index in [4.69, 9.17) is 0 Å². The molecule has 0 aliphatic carbocycles. The Labute approximate surface area is 103 Å². The van der Waals surface area contributed by atoms with Crippen molar-refractivity contribution in [3.8, 4) is 0 Å². The maximum Gasteiger partial charge on any atom is 0.123 e. The van der Waals surface area contributed by atoms with Gasteiger partial charge in [0.15, 0.2) is 0 Å². The zero-order chi connectivity index (χ0) is 11.8. The van der Waals surface area contributed by atoms with Crippen LogP contribution in [0.1, 0.15) is 18.4 Å².